The zero-order valence-electron chi connectivity index (χ0n) is 14.1. The van der Waals surface area contributed by atoms with Crippen LogP contribution in [-0.4, -0.2) is 20.4 Å². The number of hydrogen-bond donors (Lipinski definition) is 2. The number of sulfonamides is 1. The Balaban J connectivity index is 1.95. The van der Waals surface area contributed by atoms with Gasteiger partial charge >= 0.3 is 0 Å². The van der Waals surface area contributed by atoms with E-state index in [1.165, 1.54) is 18.2 Å². The smallest absolute Gasteiger partial charge is 0.254 e. The van der Waals surface area contributed by atoms with Crippen molar-refractivity contribution in [2.75, 3.05) is 0 Å². The summed E-state index contributed by atoms with van der Waals surface area (Å²) >= 11 is 0. The Hall–Kier alpha value is -2.25. The largest absolute Gasteiger partial charge is 0.348 e. The number of carbonyl (C=O) groups excluding carboxylic acids is 1. The molecule has 2 rings (SSSR count). The molecule has 0 aliphatic heterocycles. The maximum absolute atomic E-state index is 13.5. The summed E-state index contributed by atoms with van der Waals surface area (Å²) in [7, 11) is -3.37. The van der Waals surface area contributed by atoms with Crippen LogP contribution in [0.4, 0.5) is 4.39 Å². The standard InChI is InChI=1S/C18H21FN2O3S/c1-13(2)21-25(23,24)12-15-9-7-14(8-10-15)11-20-18(22)16-5-3-4-6-17(16)19/h3-10,13,21H,11-12H2,1-2H3,(H,20,22). The molecule has 0 aliphatic carbocycles. The summed E-state index contributed by atoms with van der Waals surface area (Å²) in [6, 6.07) is 12.5. The van der Waals surface area contributed by atoms with Crippen molar-refractivity contribution < 1.29 is 17.6 Å². The highest BCUT2D eigenvalue weighted by molar-refractivity contribution is 7.88. The minimum atomic E-state index is -3.37. The summed E-state index contributed by atoms with van der Waals surface area (Å²) in [6.07, 6.45) is 0. The van der Waals surface area contributed by atoms with Gasteiger partial charge in [0.1, 0.15) is 5.82 Å². The van der Waals surface area contributed by atoms with Crippen molar-refractivity contribution in [3.8, 4) is 0 Å². The summed E-state index contributed by atoms with van der Waals surface area (Å²) in [5.74, 6) is -1.17. The molecule has 0 aromatic heterocycles. The van der Waals surface area contributed by atoms with Crippen LogP contribution < -0.4 is 10.0 Å². The quantitative estimate of drug-likeness (QED) is 0.793. The second-order valence-electron chi connectivity index (χ2n) is 6.01. The Morgan fingerprint density at radius 2 is 1.64 bits per heavy atom. The summed E-state index contributed by atoms with van der Waals surface area (Å²) in [5.41, 5.74) is 1.44. The van der Waals surface area contributed by atoms with Crippen LogP contribution >= 0.6 is 0 Å². The first kappa shape index (κ1) is 19.1. The first-order valence-corrected chi connectivity index (χ1v) is 9.52. The normalized spacial score (nSPS) is 11.5. The molecule has 2 aromatic carbocycles. The number of hydrogen-bond acceptors (Lipinski definition) is 3. The van der Waals surface area contributed by atoms with Crippen LogP contribution in [0, 0.1) is 5.82 Å². The summed E-state index contributed by atoms with van der Waals surface area (Å²) in [5, 5.41) is 2.64. The molecule has 0 saturated carbocycles. The van der Waals surface area contributed by atoms with Crippen LogP contribution in [0.3, 0.4) is 0 Å². The van der Waals surface area contributed by atoms with E-state index in [1.54, 1.807) is 44.2 Å². The van der Waals surface area contributed by atoms with Crippen LogP contribution in [0.2, 0.25) is 0 Å². The fourth-order valence-corrected chi connectivity index (χ4v) is 3.73. The first-order chi connectivity index (χ1) is 11.8. The number of halogens is 1. The van der Waals surface area contributed by atoms with Gasteiger partial charge in [0.25, 0.3) is 5.91 Å². The number of amides is 1. The third-order valence-corrected chi connectivity index (χ3v) is 4.91. The Kier molecular flexibility index (Phi) is 6.27. The molecule has 0 spiro atoms. The van der Waals surface area contributed by atoms with Crippen LogP contribution in [0.15, 0.2) is 48.5 Å². The van der Waals surface area contributed by atoms with Gasteiger partial charge in [-0.2, -0.15) is 0 Å². The molecule has 0 saturated heterocycles. The lowest BCUT2D eigenvalue weighted by atomic mass is 10.1. The minimum Gasteiger partial charge on any atom is -0.348 e. The molecule has 25 heavy (non-hydrogen) atoms. The van der Waals surface area contributed by atoms with Gasteiger partial charge < -0.3 is 5.32 Å². The molecule has 0 aliphatic rings. The van der Waals surface area contributed by atoms with E-state index in [0.717, 1.165) is 5.56 Å². The molecule has 134 valence electrons. The van der Waals surface area contributed by atoms with Gasteiger partial charge in [0.2, 0.25) is 10.0 Å². The molecule has 1 amide bonds. The van der Waals surface area contributed by atoms with Crippen molar-refractivity contribution >= 4 is 15.9 Å². The zero-order chi connectivity index (χ0) is 18.4. The highest BCUT2D eigenvalue weighted by Gasteiger charge is 2.13. The molecule has 2 N–H and O–H groups in total. The van der Waals surface area contributed by atoms with Gasteiger partial charge in [-0.05, 0) is 37.1 Å². The first-order valence-electron chi connectivity index (χ1n) is 7.87. The molecule has 0 bridgehead atoms. The Labute approximate surface area is 147 Å². The molecule has 5 nitrogen and oxygen atoms in total. The van der Waals surface area contributed by atoms with Crippen LogP contribution in [0.5, 0.6) is 0 Å². The molecule has 0 atom stereocenters. The number of nitrogens with one attached hydrogen (secondary N) is 2. The van der Waals surface area contributed by atoms with E-state index in [1.807, 2.05) is 0 Å². The molecule has 0 heterocycles. The van der Waals surface area contributed by atoms with Crippen molar-refractivity contribution in [1.82, 2.24) is 10.0 Å². The van der Waals surface area contributed by atoms with E-state index in [4.69, 9.17) is 0 Å². The van der Waals surface area contributed by atoms with Gasteiger partial charge in [-0.3, -0.25) is 4.79 Å². The molecule has 0 unspecified atom stereocenters. The minimum absolute atomic E-state index is 0.00928. The van der Waals surface area contributed by atoms with E-state index in [2.05, 4.69) is 10.0 Å². The predicted octanol–water partition coefficient (Wildman–Crippen LogP) is 2.58. The van der Waals surface area contributed by atoms with Crippen molar-refractivity contribution in [1.29, 1.82) is 0 Å². The third kappa shape index (κ3) is 5.95. The van der Waals surface area contributed by atoms with Crippen molar-refractivity contribution in [3.63, 3.8) is 0 Å². The van der Waals surface area contributed by atoms with Crippen molar-refractivity contribution in [2.24, 2.45) is 0 Å². The summed E-state index contributed by atoms with van der Waals surface area (Å²) < 4.78 is 39.9. The highest BCUT2D eigenvalue weighted by atomic mass is 32.2. The Bertz CT molecular complexity index is 834. The second kappa shape index (κ2) is 8.22. The van der Waals surface area contributed by atoms with E-state index in [-0.39, 0.29) is 23.9 Å². The molecule has 2 aromatic rings. The van der Waals surface area contributed by atoms with Crippen molar-refractivity contribution in [3.05, 3.63) is 71.0 Å². The van der Waals surface area contributed by atoms with Gasteiger partial charge in [0.15, 0.2) is 0 Å². The van der Waals surface area contributed by atoms with Crippen molar-refractivity contribution in [2.45, 2.75) is 32.2 Å². The summed E-state index contributed by atoms with van der Waals surface area (Å²) in [4.78, 5) is 12.0. The molecule has 0 fully saturated rings. The zero-order valence-corrected chi connectivity index (χ0v) is 14.9. The van der Waals surface area contributed by atoms with E-state index in [9.17, 15) is 17.6 Å². The van der Waals surface area contributed by atoms with Gasteiger partial charge in [-0.25, -0.2) is 17.5 Å². The average molecular weight is 364 g/mol. The number of carbonyl (C=O) groups is 1. The molecular weight excluding hydrogens is 343 g/mol. The third-order valence-electron chi connectivity index (χ3n) is 3.37. The van der Waals surface area contributed by atoms with E-state index in [0.29, 0.717) is 5.56 Å². The van der Waals surface area contributed by atoms with Gasteiger partial charge in [0.05, 0.1) is 11.3 Å². The second-order valence-corrected chi connectivity index (χ2v) is 7.76. The van der Waals surface area contributed by atoms with Gasteiger partial charge in [-0.15, -0.1) is 0 Å². The predicted molar refractivity (Wildman–Crippen MR) is 94.9 cm³/mol. The van der Waals surface area contributed by atoms with E-state index >= 15 is 0 Å². The van der Waals surface area contributed by atoms with Gasteiger partial charge in [-0.1, -0.05) is 36.4 Å². The fraction of sp³-hybridized carbons (Fsp3) is 0.278. The van der Waals surface area contributed by atoms with Crippen LogP contribution in [0.1, 0.15) is 35.3 Å². The van der Waals surface area contributed by atoms with E-state index < -0.39 is 21.7 Å². The Morgan fingerprint density at radius 1 is 1.04 bits per heavy atom. The fourth-order valence-electron chi connectivity index (χ4n) is 2.30. The lowest BCUT2D eigenvalue weighted by molar-refractivity contribution is 0.0947. The lowest BCUT2D eigenvalue weighted by Crippen LogP contribution is -2.31. The maximum atomic E-state index is 13.5. The summed E-state index contributed by atoms with van der Waals surface area (Å²) in [6.45, 7) is 3.75. The maximum Gasteiger partial charge on any atom is 0.254 e. The average Bonchev–Trinajstić information content (AvgIpc) is 2.52. The molecule has 0 radical (unpaired) electrons. The number of rotatable bonds is 7. The Morgan fingerprint density at radius 3 is 2.24 bits per heavy atom. The molecular formula is C18H21FN2O3S. The van der Waals surface area contributed by atoms with Crippen LogP contribution in [-0.2, 0) is 22.3 Å². The highest BCUT2D eigenvalue weighted by Crippen LogP contribution is 2.10. The van der Waals surface area contributed by atoms with Crippen LogP contribution in [0.25, 0.3) is 0 Å². The number of benzene rings is 2. The molecule has 7 heteroatoms. The van der Waals surface area contributed by atoms with Gasteiger partial charge in [0, 0.05) is 12.6 Å². The SMILES string of the molecule is CC(C)NS(=O)(=O)Cc1ccc(CNC(=O)c2ccccc2F)cc1. The topological polar surface area (TPSA) is 75.3 Å². The monoisotopic (exact) mass is 364 g/mol. The lowest BCUT2D eigenvalue weighted by Gasteiger charge is -2.10.